The van der Waals surface area contributed by atoms with E-state index in [2.05, 4.69) is 61.5 Å². The van der Waals surface area contributed by atoms with Gasteiger partial charge in [0.05, 0.1) is 17.7 Å². The van der Waals surface area contributed by atoms with Crippen molar-refractivity contribution in [1.29, 1.82) is 0 Å². The van der Waals surface area contributed by atoms with Crippen LogP contribution in [0.25, 0.3) is 11.2 Å². The molecule has 5 rings (SSSR count). The van der Waals surface area contributed by atoms with E-state index in [4.69, 9.17) is 9.97 Å². The average Bonchev–Trinajstić information content (AvgIpc) is 3.51. The van der Waals surface area contributed by atoms with Gasteiger partial charge in [0.15, 0.2) is 5.65 Å². The summed E-state index contributed by atoms with van der Waals surface area (Å²) in [6.07, 6.45) is 8.47. The fourth-order valence-corrected chi connectivity index (χ4v) is 6.68. The van der Waals surface area contributed by atoms with E-state index in [9.17, 15) is 4.79 Å². The maximum absolute atomic E-state index is 12.4. The lowest BCUT2D eigenvalue weighted by atomic mass is 9.80. The summed E-state index contributed by atoms with van der Waals surface area (Å²) in [6.45, 7) is 2.00. The van der Waals surface area contributed by atoms with Gasteiger partial charge >= 0.3 is 0 Å². The summed E-state index contributed by atoms with van der Waals surface area (Å²) < 4.78 is 2.10. The molecule has 2 fully saturated rings. The third-order valence-corrected chi connectivity index (χ3v) is 9.07. The zero-order valence-corrected chi connectivity index (χ0v) is 21.5. The Hall–Kier alpha value is -1.38. The highest BCUT2D eigenvalue weighted by molar-refractivity contribution is 14.2. The summed E-state index contributed by atoms with van der Waals surface area (Å²) in [5.41, 5.74) is 5.01. The van der Waals surface area contributed by atoms with Crippen molar-refractivity contribution < 1.29 is 4.79 Å². The number of rotatable bonds is 7. The molecule has 0 saturated heterocycles. The number of aromatic nitrogens is 3. The number of thioether (sulfide) groups is 1. The monoisotopic (exact) mass is 565 g/mol. The molecular formula is C22H25IN5OPS. The van der Waals surface area contributed by atoms with Crippen LogP contribution < -0.4 is 10.6 Å². The number of aryl methyl sites for hydroxylation is 1. The van der Waals surface area contributed by atoms with Crippen molar-refractivity contribution >= 4 is 74.4 Å². The highest BCUT2D eigenvalue weighted by Gasteiger charge is 2.30. The van der Waals surface area contributed by atoms with Crippen molar-refractivity contribution in [2.45, 2.75) is 49.8 Å². The van der Waals surface area contributed by atoms with E-state index in [1.165, 1.54) is 29.7 Å². The lowest BCUT2D eigenvalue weighted by molar-refractivity contribution is -0.117. The molecule has 1 amide bonds. The van der Waals surface area contributed by atoms with Gasteiger partial charge in [-0.25, -0.2) is 9.97 Å². The number of anilines is 3. The first-order chi connectivity index (χ1) is 15.1. The predicted octanol–water partition coefficient (Wildman–Crippen LogP) is 6.61. The standard InChI is InChI=1S/C22H25IN5OPS/c1-12-24-20-17(25-16-9-8-15(10-18(16)31-2)13-4-3-5-13)11-19(26-21(20)28(12)30-23)27-22(29)14-6-7-14/h8-11,13-14,30H,3-7H2,1-2H3,(H2,25,26,27,29). The largest absolute Gasteiger partial charge is 0.353 e. The van der Waals surface area contributed by atoms with E-state index < -0.39 is 0 Å². The lowest BCUT2D eigenvalue weighted by Crippen LogP contribution is -2.14. The Morgan fingerprint density at radius 1 is 1.19 bits per heavy atom. The minimum Gasteiger partial charge on any atom is -0.353 e. The van der Waals surface area contributed by atoms with Crippen molar-refractivity contribution in [3.05, 3.63) is 35.7 Å². The van der Waals surface area contributed by atoms with Gasteiger partial charge in [-0.05, 0) is 84.5 Å². The summed E-state index contributed by atoms with van der Waals surface area (Å²) in [7, 11) is 0. The second-order valence-electron chi connectivity index (χ2n) is 8.28. The molecule has 31 heavy (non-hydrogen) atoms. The van der Waals surface area contributed by atoms with Crippen LogP contribution in [0.1, 0.15) is 49.4 Å². The summed E-state index contributed by atoms with van der Waals surface area (Å²) in [5.74, 6) is 2.41. The van der Waals surface area contributed by atoms with Gasteiger partial charge in [-0.3, -0.25) is 9.13 Å². The summed E-state index contributed by atoms with van der Waals surface area (Å²) >= 11 is 4.10. The number of amides is 1. The highest BCUT2D eigenvalue weighted by Crippen LogP contribution is 2.41. The molecule has 2 aliphatic carbocycles. The fraction of sp³-hybridized carbons (Fsp3) is 0.409. The van der Waals surface area contributed by atoms with E-state index in [0.29, 0.717) is 18.1 Å². The van der Waals surface area contributed by atoms with Gasteiger partial charge in [-0.2, -0.15) is 0 Å². The lowest BCUT2D eigenvalue weighted by Gasteiger charge is -2.26. The number of hydrogen-bond acceptors (Lipinski definition) is 5. The minimum absolute atomic E-state index is 0.0622. The Kier molecular flexibility index (Phi) is 6.14. The highest BCUT2D eigenvalue weighted by atomic mass is 127. The first kappa shape index (κ1) is 21.5. The molecule has 2 aliphatic rings. The van der Waals surface area contributed by atoms with E-state index in [0.717, 1.165) is 41.2 Å². The Bertz CT molecular complexity index is 1160. The molecule has 1 atom stereocenters. The Balaban J connectivity index is 1.54. The maximum Gasteiger partial charge on any atom is 0.228 e. The molecule has 2 aromatic heterocycles. The van der Waals surface area contributed by atoms with Crippen LogP contribution in [0.15, 0.2) is 29.2 Å². The number of hydrogen-bond donors (Lipinski definition) is 2. The number of imidazole rings is 1. The zero-order chi connectivity index (χ0) is 21.5. The SMILES string of the molecule is CSc1cc(C2CCC2)ccc1Nc1cc(NC(=O)C2CC2)nc2c1nc(C)n2PI. The Labute approximate surface area is 201 Å². The Morgan fingerprint density at radius 2 is 2.00 bits per heavy atom. The first-order valence-corrected chi connectivity index (χ1v) is 15.9. The van der Waals surface area contributed by atoms with Gasteiger partial charge in [-0.1, -0.05) is 12.5 Å². The predicted molar refractivity (Wildman–Crippen MR) is 139 cm³/mol. The smallest absolute Gasteiger partial charge is 0.228 e. The van der Waals surface area contributed by atoms with E-state index in [-0.39, 0.29) is 11.8 Å². The third kappa shape index (κ3) is 4.31. The quantitative estimate of drug-likeness (QED) is 0.192. The molecule has 2 saturated carbocycles. The maximum atomic E-state index is 12.4. The molecule has 0 radical (unpaired) electrons. The zero-order valence-electron chi connectivity index (χ0n) is 17.5. The molecule has 2 N–H and O–H groups in total. The molecule has 1 unspecified atom stereocenters. The van der Waals surface area contributed by atoms with Gasteiger partial charge in [0, 0.05) is 16.9 Å². The van der Waals surface area contributed by atoms with Crippen molar-refractivity contribution in [1.82, 2.24) is 14.3 Å². The van der Waals surface area contributed by atoms with Crippen LogP contribution in [0, 0.1) is 12.8 Å². The van der Waals surface area contributed by atoms with Crippen LogP contribution in [0.3, 0.4) is 0 Å². The summed E-state index contributed by atoms with van der Waals surface area (Å²) in [5, 5.41) is 6.62. The molecular weight excluding hydrogens is 540 g/mol. The van der Waals surface area contributed by atoms with E-state index >= 15 is 0 Å². The molecule has 0 bridgehead atoms. The molecule has 1 aromatic carbocycles. The number of fused-ring (bicyclic) bond motifs is 1. The normalized spacial score (nSPS) is 16.7. The van der Waals surface area contributed by atoms with Crippen LogP contribution in [0.2, 0.25) is 0 Å². The molecule has 9 heteroatoms. The second-order valence-corrected chi connectivity index (χ2v) is 11.2. The topological polar surface area (TPSA) is 71.8 Å². The van der Waals surface area contributed by atoms with E-state index in [1.54, 1.807) is 11.8 Å². The van der Waals surface area contributed by atoms with Crippen LogP contribution in [0.5, 0.6) is 0 Å². The van der Waals surface area contributed by atoms with Crippen LogP contribution in [-0.4, -0.2) is 26.5 Å². The van der Waals surface area contributed by atoms with E-state index in [1.807, 2.05) is 13.0 Å². The van der Waals surface area contributed by atoms with Gasteiger partial charge in [0.25, 0.3) is 0 Å². The van der Waals surface area contributed by atoms with Crippen molar-refractivity contribution in [2.24, 2.45) is 5.92 Å². The molecule has 6 nitrogen and oxygen atoms in total. The molecule has 0 aliphatic heterocycles. The van der Waals surface area contributed by atoms with Gasteiger partial charge in [0.1, 0.15) is 17.2 Å². The number of carbonyl (C=O) groups excluding carboxylic acids is 1. The van der Waals surface area contributed by atoms with Gasteiger partial charge in [-0.15, -0.1) is 11.8 Å². The van der Waals surface area contributed by atoms with Crippen molar-refractivity contribution in [3.8, 4) is 0 Å². The summed E-state index contributed by atoms with van der Waals surface area (Å²) in [6, 6.07) is 8.66. The molecule has 3 aromatic rings. The first-order valence-electron chi connectivity index (χ1n) is 10.6. The third-order valence-electron chi connectivity index (χ3n) is 6.14. The van der Waals surface area contributed by atoms with Crippen LogP contribution >= 0.6 is 40.2 Å². The summed E-state index contributed by atoms with van der Waals surface area (Å²) in [4.78, 5) is 23.1. The number of halogens is 1. The minimum atomic E-state index is 0.0622. The molecule has 2 heterocycles. The number of nitrogens with one attached hydrogen (secondary N) is 2. The van der Waals surface area contributed by atoms with Gasteiger partial charge < -0.3 is 10.6 Å². The van der Waals surface area contributed by atoms with Crippen LogP contribution in [-0.2, 0) is 4.79 Å². The van der Waals surface area contributed by atoms with Crippen LogP contribution in [0.4, 0.5) is 17.2 Å². The molecule has 162 valence electrons. The number of benzene rings is 1. The fourth-order valence-electron chi connectivity index (χ4n) is 3.94. The van der Waals surface area contributed by atoms with Crippen molar-refractivity contribution in [2.75, 3.05) is 16.9 Å². The van der Waals surface area contributed by atoms with Crippen molar-refractivity contribution in [3.63, 3.8) is 0 Å². The second kappa shape index (κ2) is 8.87. The number of pyridine rings is 1. The Morgan fingerprint density at radius 3 is 2.65 bits per heavy atom. The number of carbonyl (C=O) groups is 1. The molecule has 0 spiro atoms. The number of nitrogens with zero attached hydrogens (tertiary/aromatic N) is 3. The van der Waals surface area contributed by atoms with Gasteiger partial charge in [0.2, 0.25) is 5.91 Å². The average molecular weight is 565 g/mol.